The van der Waals surface area contributed by atoms with E-state index in [2.05, 4.69) is 5.32 Å². The molecule has 1 unspecified atom stereocenters. The fourth-order valence-corrected chi connectivity index (χ4v) is 2.90. The van der Waals surface area contributed by atoms with Crippen molar-refractivity contribution < 1.29 is 18.7 Å². The van der Waals surface area contributed by atoms with Crippen LogP contribution in [0.5, 0.6) is 5.75 Å². The number of anilines is 1. The quantitative estimate of drug-likeness (QED) is 0.818. The molecule has 132 valence electrons. The second kappa shape index (κ2) is 7.53. The molecule has 1 amide bonds. The summed E-state index contributed by atoms with van der Waals surface area (Å²) < 4.78 is 24.3. The largest absolute Gasteiger partial charge is 0.494 e. The Kier molecular flexibility index (Phi) is 5.19. The molecule has 0 spiro atoms. The fraction of sp³-hybridized carbons (Fsp3) is 0.316. The number of nitrogen functional groups attached to an aromatic ring is 1. The molecule has 25 heavy (non-hydrogen) atoms. The van der Waals surface area contributed by atoms with Crippen LogP contribution in [0.4, 0.5) is 10.1 Å². The smallest absolute Gasteiger partial charge is 0.253 e. The topological polar surface area (TPSA) is 73.6 Å². The average Bonchev–Trinajstić information content (AvgIpc) is 3.13. The van der Waals surface area contributed by atoms with Gasteiger partial charge in [-0.2, -0.15) is 0 Å². The monoisotopic (exact) mass is 344 g/mol. The molecule has 1 atom stereocenters. The van der Waals surface area contributed by atoms with Crippen molar-refractivity contribution >= 4 is 11.6 Å². The Morgan fingerprint density at radius 2 is 2.08 bits per heavy atom. The van der Waals surface area contributed by atoms with Gasteiger partial charge in [-0.1, -0.05) is 12.1 Å². The van der Waals surface area contributed by atoms with E-state index in [4.69, 9.17) is 15.2 Å². The van der Waals surface area contributed by atoms with Crippen LogP contribution in [0.3, 0.4) is 0 Å². The number of carbonyl (C=O) groups excluding carboxylic acids is 1. The lowest BCUT2D eigenvalue weighted by molar-refractivity contribution is 0.0858. The molecule has 5 nitrogen and oxygen atoms in total. The van der Waals surface area contributed by atoms with E-state index in [0.29, 0.717) is 23.4 Å². The zero-order valence-electron chi connectivity index (χ0n) is 14.0. The van der Waals surface area contributed by atoms with Crippen molar-refractivity contribution in [2.75, 3.05) is 26.0 Å². The average molecular weight is 344 g/mol. The molecular formula is C19H21FN2O3. The molecule has 6 heteroatoms. The van der Waals surface area contributed by atoms with Crippen LogP contribution >= 0.6 is 0 Å². The van der Waals surface area contributed by atoms with Crippen LogP contribution in [-0.2, 0) is 4.74 Å². The highest BCUT2D eigenvalue weighted by molar-refractivity contribution is 6.00. The number of hydrogen-bond acceptors (Lipinski definition) is 4. The summed E-state index contributed by atoms with van der Waals surface area (Å²) in [5, 5.41) is 2.84. The fourth-order valence-electron chi connectivity index (χ4n) is 2.90. The van der Waals surface area contributed by atoms with Gasteiger partial charge in [0, 0.05) is 18.8 Å². The number of hydrogen-bond donors (Lipinski definition) is 2. The van der Waals surface area contributed by atoms with E-state index in [1.54, 1.807) is 30.3 Å². The van der Waals surface area contributed by atoms with Crippen LogP contribution in [0.15, 0.2) is 36.4 Å². The summed E-state index contributed by atoms with van der Waals surface area (Å²) in [6, 6.07) is 9.75. The summed E-state index contributed by atoms with van der Waals surface area (Å²) in [6.45, 7) is 1.22. The maximum Gasteiger partial charge on any atom is 0.253 e. The third-order valence-corrected chi connectivity index (χ3v) is 4.30. The van der Waals surface area contributed by atoms with Crippen molar-refractivity contribution in [1.82, 2.24) is 5.32 Å². The molecule has 1 heterocycles. The molecule has 0 aromatic heterocycles. The molecule has 1 aliphatic rings. The Hall–Kier alpha value is -2.60. The number of benzene rings is 2. The number of methoxy groups -OCH3 is 1. The highest BCUT2D eigenvalue weighted by Crippen LogP contribution is 2.28. The maximum atomic E-state index is 13.9. The van der Waals surface area contributed by atoms with Crippen LogP contribution < -0.4 is 15.8 Å². The number of halogens is 1. The molecule has 0 saturated carbocycles. The molecule has 2 aromatic rings. The number of nitrogens with two attached hydrogens (primary N) is 1. The highest BCUT2D eigenvalue weighted by Gasteiger charge is 2.18. The van der Waals surface area contributed by atoms with Gasteiger partial charge in [-0.25, -0.2) is 4.39 Å². The summed E-state index contributed by atoms with van der Waals surface area (Å²) in [5.41, 5.74) is 8.17. The zero-order valence-corrected chi connectivity index (χ0v) is 14.0. The Morgan fingerprint density at radius 3 is 2.72 bits per heavy atom. The van der Waals surface area contributed by atoms with E-state index in [-0.39, 0.29) is 17.8 Å². The van der Waals surface area contributed by atoms with Gasteiger partial charge in [0.2, 0.25) is 0 Å². The first-order valence-corrected chi connectivity index (χ1v) is 8.21. The maximum absolute atomic E-state index is 13.9. The van der Waals surface area contributed by atoms with Gasteiger partial charge < -0.3 is 20.5 Å². The molecule has 0 aliphatic carbocycles. The molecule has 1 saturated heterocycles. The number of carbonyl (C=O) groups is 1. The van der Waals surface area contributed by atoms with Gasteiger partial charge in [-0.05, 0) is 48.2 Å². The molecular weight excluding hydrogens is 323 g/mol. The summed E-state index contributed by atoms with van der Waals surface area (Å²) in [6.07, 6.45) is 2.06. The number of nitrogens with one attached hydrogen (secondary N) is 1. The van der Waals surface area contributed by atoms with Gasteiger partial charge >= 0.3 is 0 Å². The lowest BCUT2D eigenvalue weighted by Gasteiger charge is -2.13. The van der Waals surface area contributed by atoms with Crippen molar-refractivity contribution in [3.05, 3.63) is 47.8 Å². The third-order valence-electron chi connectivity index (χ3n) is 4.30. The Bertz CT molecular complexity index is 773. The molecule has 0 radical (unpaired) electrons. The van der Waals surface area contributed by atoms with E-state index in [9.17, 15) is 9.18 Å². The first-order chi connectivity index (χ1) is 12.1. The molecule has 3 rings (SSSR count). The molecule has 0 bridgehead atoms. The lowest BCUT2D eigenvalue weighted by Crippen LogP contribution is -2.32. The highest BCUT2D eigenvalue weighted by atomic mass is 19.1. The van der Waals surface area contributed by atoms with Gasteiger partial charge in [0.05, 0.1) is 18.8 Å². The summed E-state index contributed by atoms with van der Waals surface area (Å²) in [7, 11) is 1.42. The van der Waals surface area contributed by atoms with Gasteiger partial charge in [-0.3, -0.25) is 4.79 Å². The van der Waals surface area contributed by atoms with Gasteiger partial charge in [0.15, 0.2) is 11.6 Å². The van der Waals surface area contributed by atoms with Crippen LogP contribution in [0.1, 0.15) is 23.2 Å². The minimum atomic E-state index is -0.447. The van der Waals surface area contributed by atoms with Crippen molar-refractivity contribution in [3.8, 4) is 16.9 Å². The van der Waals surface area contributed by atoms with E-state index >= 15 is 0 Å². The number of rotatable bonds is 5. The number of ether oxygens (including phenoxy) is 2. The van der Waals surface area contributed by atoms with Crippen LogP contribution in [0.2, 0.25) is 0 Å². The van der Waals surface area contributed by atoms with E-state index in [0.717, 1.165) is 25.0 Å². The van der Waals surface area contributed by atoms with Crippen LogP contribution in [-0.4, -0.2) is 32.3 Å². The Morgan fingerprint density at radius 1 is 1.32 bits per heavy atom. The Balaban J connectivity index is 1.73. The van der Waals surface area contributed by atoms with Gasteiger partial charge in [-0.15, -0.1) is 0 Å². The standard InChI is InChI=1S/C19H21FN2O3/c1-24-18-7-5-12(9-16(18)20)13-4-6-15(17(21)10-13)19(23)22-11-14-3-2-8-25-14/h4-7,9-10,14H,2-3,8,11,21H2,1H3,(H,22,23). The summed E-state index contributed by atoms with van der Waals surface area (Å²) in [5.74, 6) is -0.501. The normalized spacial score (nSPS) is 16.6. The zero-order chi connectivity index (χ0) is 17.8. The SMILES string of the molecule is COc1ccc(-c2ccc(C(=O)NCC3CCCO3)c(N)c2)cc1F. The first-order valence-electron chi connectivity index (χ1n) is 8.21. The van der Waals surface area contributed by atoms with Crippen molar-refractivity contribution in [2.45, 2.75) is 18.9 Å². The number of amides is 1. The minimum Gasteiger partial charge on any atom is -0.494 e. The summed E-state index contributed by atoms with van der Waals surface area (Å²) >= 11 is 0. The van der Waals surface area contributed by atoms with E-state index in [1.807, 2.05) is 0 Å². The van der Waals surface area contributed by atoms with Crippen LogP contribution in [0, 0.1) is 5.82 Å². The van der Waals surface area contributed by atoms with Crippen molar-refractivity contribution in [2.24, 2.45) is 0 Å². The van der Waals surface area contributed by atoms with Gasteiger partial charge in [0.1, 0.15) is 0 Å². The van der Waals surface area contributed by atoms with Gasteiger partial charge in [0.25, 0.3) is 5.91 Å². The van der Waals surface area contributed by atoms with E-state index in [1.165, 1.54) is 13.2 Å². The predicted octanol–water partition coefficient (Wildman–Crippen LogP) is 2.99. The lowest BCUT2D eigenvalue weighted by atomic mass is 10.0. The molecule has 2 aromatic carbocycles. The van der Waals surface area contributed by atoms with Crippen molar-refractivity contribution in [1.29, 1.82) is 0 Å². The molecule has 1 aliphatic heterocycles. The first kappa shape index (κ1) is 17.2. The predicted molar refractivity (Wildman–Crippen MR) is 94.1 cm³/mol. The molecule has 3 N–H and O–H groups in total. The summed E-state index contributed by atoms with van der Waals surface area (Å²) in [4.78, 5) is 12.3. The Labute approximate surface area is 145 Å². The van der Waals surface area contributed by atoms with E-state index < -0.39 is 5.82 Å². The minimum absolute atomic E-state index is 0.0757. The van der Waals surface area contributed by atoms with Crippen LogP contribution in [0.25, 0.3) is 11.1 Å². The molecule has 1 fully saturated rings. The third kappa shape index (κ3) is 3.91. The van der Waals surface area contributed by atoms with Crippen molar-refractivity contribution in [3.63, 3.8) is 0 Å². The second-order valence-electron chi connectivity index (χ2n) is 6.00. The second-order valence-corrected chi connectivity index (χ2v) is 6.00.